The summed E-state index contributed by atoms with van der Waals surface area (Å²) < 4.78 is 0. The van der Waals surface area contributed by atoms with Gasteiger partial charge in [-0.25, -0.2) is 4.98 Å². The van der Waals surface area contributed by atoms with Crippen LogP contribution in [0.4, 0.5) is 0 Å². The molecule has 2 heterocycles. The molecule has 5 heteroatoms. The summed E-state index contributed by atoms with van der Waals surface area (Å²) in [5, 5.41) is 12.3. The van der Waals surface area contributed by atoms with Crippen molar-refractivity contribution in [3.63, 3.8) is 0 Å². The highest BCUT2D eigenvalue weighted by Crippen LogP contribution is 2.22. The minimum absolute atomic E-state index is 0.146. The number of aromatic amines is 1. The van der Waals surface area contributed by atoms with E-state index in [1.807, 2.05) is 0 Å². The Labute approximate surface area is 92.8 Å². The van der Waals surface area contributed by atoms with E-state index in [1.54, 1.807) is 17.7 Å². The number of nitrogens with one attached hydrogen (secondary N) is 2. The molecule has 4 nitrogen and oxygen atoms in total. The first kappa shape index (κ1) is 10.3. The van der Waals surface area contributed by atoms with Gasteiger partial charge in [-0.1, -0.05) is 13.0 Å². The molecule has 2 aromatic heterocycles. The maximum absolute atomic E-state index is 4.20. The Kier molecular flexibility index (Phi) is 3.47. The number of thiophene rings is 1. The summed E-state index contributed by atoms with van der Waals surface area (Å²) in [4.78, 5) is 5.47. The van der Waals surface area contributed by atoms with Gasteiger partial charge in [-0.15, -0.1) is 11.3 Å². The standard InChI is InChI=1S/C10H14N4S/c1-2-5-11-9(8-4-3-6-15-8)10-12-7-13-14-10/h3-4,6-7,9,11H,2,5H2,1H3,(H,12,13,14). The summed E-state index contributed by atoms with van der Waals surface area (Å²) in [6, 6.07) is 4.31. The SMILES string of the molecule is CCCNC(c1ncn[nH]1)c1cccs1. The van der Waals surface area contributed by atoms with Crippen LogP contribution in [-0.4, -0.2) is 21.7 Å². The molecule has 0 bridgehead atoms. The van der Waals surface area contributed by atoms with E-state index >= 15 is 0 Å². The van der Waals surface area contributed by atoms with Gasteiger partial charge in [0.15, 0.2) is 0 Å². The van der Waals surface area contributed by atoms with E-state index in [0.29, 0.717) is 0 Å². The monoisotopic (exact) mass is 222 g/mol. The van der Waals surface area contributed by atoms with Crippen molar-refractivity contribution in [3.05, 3.63) is 34.5 Å². The normalized spacial score (nSPS) is 12.9. The molecule has 0 spiro atoms. The van der Waals surface area contributed by atoms with Crippen molar-refractivity contribution in [2.75, 3.05) is 6.54 Å². The summed E-state index contributed by atoms with van der Waals surface area (Å²) in [5.41, 5.74) is 0. The van der Waals surface area contributed by atoms with E-state index in [1.165, 1.54) is 4.88 Å². The molecular formula is C10H14N4S. The van der Waals surface area contributed by atoms with Crippen LogP contribution in [0.2, 0.25) is 0 Å². The van der Waals surface area contributed by atoms with Gasteiger partial charge >= 0.3 is 0 Å². The van der Waals surface area contributed by atoms with Crippen LogP contribution in [-0.2, 0) is 0 Å². The van der Waals surface area contributed by atoms with Crippen LogP contribution in [0.3, 0.4) is 0 Å². The van der Waals surface area contributed by atoms with Crippen LogP contribution in [0.1, 0.15) is 30.1 Å². The first-order valence-electron chi connectivity index (χ1n) is 5.04. The Morgan fingerprint density at radius 3 is 3.13 bits per heavy atom. The van der Waals surface area contributed by atoms with Crippen LogP contribution in [0.25, 0.3) is 0 Å². The van der Waals surface area contributed by atoms with E-state index in [4.69, 9.17) is 0 Å². The quantitative estimate of drug-likeness (QED) is 0.813. The zero-order chi connectivity index (χ0) is 10.5. The van der Waals surface area contributed by atoms with Gasteiger partial charge in [-0.3, -0.25) is 5.10 Å². The topological polar surface area (TPSA) is 53.6 Å². The van der Waals surface area contributed by atoms with Gasteiger partial charge in [0.2, 0.25) is 0 Å². The molecule has 2 N–H and O–H groups in total. The van der Waals surface area contributed by atoms with Crippen LogP contribution < -0.4 is 5.32 Å². The van der Waals surface area contributed by atoms with Crippen LogP contribution in [0.5, 0.6) is 0 Å². The average molecular weight is 222 g/mol. The minimum Gasteiger partial charge on any atom is -0.303 e. The maximum Gasteiger partial charge on any atom is 0.146 e. The van der Waals surface area contributed by atoms with Crippen molar-refractivity contribution in [2.24, 2.45) is 0 Å². The van der Waals surface area contributed by atoms with Crippen molar-refractivity contribution in [1.82, 2.24) is 20.5 Å². The fourth-order valence-corrected chi connectivity index (χ4v) is 2.23. The second-order valence-corrected chi connectivity index (χ2v) is 4.25. The zero-order valence-corrected chi connectivity index (χ0v) is 9.42. The Balaban J connectivity index is 2.17. The van der Waals surface area contributed by atoms with Crippen molar-refractivity contribution >= 4 is 11.3 Å². The first-order valence-corrected chi connectivity index (χ1v) is 5.92. The molecule has 0 saturated carbocycles. The number of hydrogen-bond donors (Lipinski definition) is 2. The third kappa shape index (κ3) is 2.43. The summed E-state index contributed by atoms with van der Waals surface area (Å²) in [6.07, 6.45) is 2.65. The molecule has 0 aliphatic rings. The van der Waals surface area contributed by atoms with Gasteiger partial charge in [-0.05, 0) is 24.4 Å². The third-order valence-corrected chi connectivity index (χ3v) is 3.07. The molecule has 0 aliphatic carbocycles. The van der Waals surface area contributed by atoms with Gasteiger partial charge < -0.3 is 5.32 Å². The van der Waals surface area contributed by atoms with Crippen molar-refractivity contribution in [1.29, 1.82) is 0 Å². The Hall–Kier alpha value is -1.20. The van der Waals surface area contributed by atoms with Crippen LogP contribution in [0.15, 0.2) is 23.8 Å². The zero-order valence-electron chi connectivity index (χ0n) is 8.60. The lowest BCUT2D eigenvalue weighted by atomic mass is 10.2. The van der Waals surface area contributed by atoms with Crippen molar-refractivity contribution in [2.45, 2.75) is 19.4 Å². The molecule has 0 saturated heterocycles. The number of aromatic nitrogens is 3. The predicted molar refractivity (Wildman–Crippen MR) is 60.8 cm³/mol. The second kappa shape index (κ2) is 5.04. The predicted octanol–water partition coefficient (Wildman–Crippen LogP) is 1.96. The Morgan fingerprint density at radius 1 is 1.60 bits per heavy atom. The smallest absolute Gasteiger partial charge is 0.146 e. The Morgan fingerprint density at radius 2 is 2.53 bits per heavy atom. The van der Waals surface area contributed by atoms with E-state index < -0.39 is 0 Å². The maximum atomic E-state index is 4.20. The molecule has 2 aromatic rings. The van der Waals surface area contributed by atoms with Crippen molar-refractivity contribution in [3.8, 4) is 0 Å². The lowest BCUT2D eigenvalue weighted by Gasteiger charge is -2.13. The van der Waals surface area contributed by atoms with E-state index in [-0.39, 0.29) is 6.04 Å². The highest BCUT2D eigenvalue weighted by Gasteiger charge is 2.16. The fourth-order valence-electron chi connectivity index (χ4n) is 1.43. The van der Waals surface area contributed by atoms with E-state index in [2.05, 4.69) is 44.9 Å². The number of nitrogens with zero attached hydrogens (tertiary/aromatic N) is 2. The number of hydrogen-bond acceptors (Lipinski definition) is 4. The lowest BCUT2D eigenvalue weighted by molar-refractivity contribution is 0.581. The fraction of sp³-hybridized carbons (Fsp3) is 0.400. The van der Waals surface area contributed by atoms with Crippen LogP contribution in [0, 0.1) is 0 Å². The molecule has 15 heavy (non-hydrogen) atoms. The summed E-state index contributed by atoms with van der Waals surface area (Å²) in [6.45, 7) is 3.13. The molecule has 0 amide bonds. The van der Waals surface area contributed by atoms with Gasteiger partial charge in [0.05, 0.1) is 0 Å². The first-order chi connectivity index (χ1) is 7.42. The summed E-state index contributed by atoms with van der Waals surface area (Å²) in [7, 11) is 0. The third-order valence-electron chi connectivity index (χ3n) is 2.13. The van der Waals surface area contributed by atoms with Gasteiger partial charge in [0, 0.05) is 4.88 Å². The van der Waals surface area contributed by atoms with Gasteiger partial charge in [0.1, 0.15) is 18.2 Å². The Bertz CT molecular complexity index is 334. The number of rotatable bonds is 5. The molecule has 1 atom stereocenters. The van der Waals surface area contributed by atoms with Gasteiger partial charge in [0.25, 0.3) is 0 Å². The molecule has 0 fully saturated rings. The largest absolute Gasteiger partial charge is 0.303 e. The summed E-state index contributed by atoms with van der Waals surface area (Å²) in [5.74, 6) is 0.880. The average Bonchev–Trinajstić information content (AvgIpc) is 2.90. The molecule has 80 valence electrons. The molecule has 0 radical (unpaired) electrons. The summed E-state index contributed by atoms with van der Waals surface area (Å²) >= 11 is 1.73. The molecule has 2 rings (SSSR count). The van der Waals surface area contributed by atoms with Crippen molar-refractivity contribution < 1.29 is 0 Å². The lowest BCUT2D eigenvalue weighted by Crippen LogP contribution is -2.23. The molecular weight excluding hydrogens is 208 g/mol. The molecule has 0 aromatic carbocycles. The number of H-pyrrole nitrogens is 1. The minimum atomic E-state index is 0.146. The van der Waals surface area contributed by atoms with E-state index in [9.17, 15) is 0 Å². The highest BCUT2D eigenvalue weighted by atomic mass is 32.1. The highest BCUT2D eigenvalue weighted by molar-refractivity contribution is 7.10. The van der Waals surface area contributed by atoms with Crippen LogP contribution >= 0.6 is 11.3 Å². The van der Waals surface area contributed by atoms with E-state index in [0.717, 1.165) is 18.8 Å². The second-order valence-electron chi connectivity index (χ2n) is 3.27. The molecule has 1 unspecified atom stereocenters. The molecule has 0 aliphatic heterocycles. The van der Waals surface area contributed by atoms with Gasteiger partial charge in [-0.2, -0.15) is 5.10 Å².